The Morgan fingerprint density at radius 1 is 0.957 bits per heavy atom. The predicted octanol–water partition coefficient (Wildman–Crippen LogP) is 4.46. The number of halogens is 2. The first kappa shape index (κ1) is 15.3. The van der Waals surface area contributed by atoms with Crippen molar-refractivity contribution in [2.24, 2.45) is 5.73 Å². The molecule has 23 heavy (non-hydrogen) atoms. The molecular weight excluding hydrogens is 294 g/mol. The molecule has 2 nitrogen and oxygen atoms in total. The van der Waals surface area contributed by atoms with Gasteiger partial charge in [-0.25, -0.2) is 8.78 Å². The molecule has 0 radical (unpaired) electrons. The smallest absolute Gasteiger partial charge is 0.133 e. The standard InChI is InChI=1S/C19H16F2N2/c1-12-17(11-22)16(15-8-7-14(20)9-18(15)21)10-19(23-12)13-5-3-2-4-6-13/h2-10H,11,22H2,1H3. The first-order valence-electron chi connectivity index (χ1n) is 7.31. The van der Waals surface area contributed by atoms with Gasteiger partial charge in [0.2, 0.25) is 0 Å². The van der Waals surface area contributed by atoms with Crippen LogP contribution in [0.1, 0.15) is 11.3 Å². The Balaban J connectivity index is 2.24. The van der Waals surface area contributed by atoms with Crippen molar-refractivity contribution >= 4 is 0 Å². The van der Waals surface area contributed by atoms with Crippen LogP contribution in [0.3, 0.4) is 0 Å². The fraction of sp³-hybridized carbons (Fsp3) is 0.105. The molecule has 0 spiro atoms. The van der Waals surface area contributed by atoms with Gasteiger partial charge in [0.15, 0.2) is 0 Å². The van der Waals surface area contributed by atoms with Gasteiger partial charge in [0.05, 0.1) is 5.69 Å². The van der Waals surface area contributed by atoms with Gasteiger partial charge in [-0.3, -0.25) is 4.98 Å². The monoisotopic (exact) mass is 310 g/mol. The van der Waals surface area contributed by atoms with Crippen LogP contribution in [0, 0.1) is 18.6 Å². The molecule has 2 aromatic carbocycles. The minimum atomic E-state index is -0.607. The summed E-state index contributed by atoms with van der Waals surface area (Å²) in [6, 6.07) is 15.0. The van der Waals surface area contributed by atoms with Crippen molar-refractivity contribution in [3.63, 3.8) is 0 Å². The number of nitrogens with zero attached hydrogens (tertiary/aromatic N) is 1. The van der Waals surface area contributed by atoms with E-state index in [0.29, 0.717) is 11.1 Å². The predicted molar refractivity (Wildman–Crippen MR) is 87.7 cm³/mol. The van der Waals surface area contributed by atoms with E-state index in [1.165, 1.54) is 12.1 Å². The second-order valence-corrected chi connectivity index (χ2v) is 5.31. The lowest BCUT2D eigenvalue weighted by Gasteiger charge is -2.14. The van der Waals surface area contributed by atoms with Gasteiger partial charge in [0, 0.05) is 29.4 Å². The molecule has 1 heterocycles. The Bertz CT molecular complexity index is 845. The van der Waals surface area contributed by atoms with Crippen LogP contribution in [0.4, 0.5) is 8.78 Å². The Kier molecular flexibility index (Phi) is 4.17. The molecule has 116 valence electrons. The van der Waals surface area contributed by atoms with Gasteiger partial charge in [-0.15, -0.1) is 0 Å². The van der Waals surface area contributed by atoms with Gasteiger partial charge in [0.25, 0.3) is 0 Å². The van der Waals surface area contributed by atoms with Crippen LogP contribution in [0.2, 0.25) is 0 Å². The molecule has 0 aliphatic heterocycles. The first-order chi connectivity index (χ1) is 11.1. The van der Waals surface area contributed by atoms with E-state index in [1.54, 1.807) is 6.07 Å². The molecule has 0 saturated heterocycles. The van der Waals surface area contributed by atoms with Gasteiger partial charge in [0.1, 0.15) is 11.6 Å². The van der Waals surface area contributed by atoms with Crippen LogP contribution in [-0.4, -0.2) is 4.98 Å². The molecule has 0 aliphatic rings. The number of nitrogens with two attached hydrogens (primary N) is 1. The molecule has 0 saturated carbocycles. The van der Waals surface area contributed by atoms with Crippen LogP contribution >= 0.6 is 0 Å². The van der Waals surface area contributed by atoms with Gasteiger partial charge in [-0.05, 0) is 36.2 Å². The van der Waals surface area contributed by atoms with Crippen LogP contribution in [-0.2, 0) is 6.54 Å². The summed E-state index contributed by atoms with van der Waals surface area (Å²) in [4.78, 5) is 4.57. The third-order valence-corrected chi connectivity index (χ3v) is 3.83. The second kappa shape index (κ2) is 6.26. The summed E-state index contributed by atoms with van der Waals surface area (Å²) in [5.74, 6) is -1.21. The van der Waals surface area contributed by atoms with E-state index >= 15 is 0 Å². The third-order valence-electron chi connectivity index (χ3n) is 3.83. The number of aromatic nitrogens is 1. The Hall–Kier alpha value is -2.59. The van der Waals surface area contributed by atoms with Crippen molar-refractivity contribution in [3.05, 3.63) is 77.5 Å². The summed E-state index contributed by atoms with van der Waals surface area (Å²) < 4.78 is 27.4. The quantitative estimate of drug-likeness (QED) is 0.775. The summed E-state index contributed by atoms with van der Waals surface area (Å²) >= 11 is 0. The van der Waals surface area contributed by atoms with Crippen molar-refractivity contribution in [2.75, 3.05) is 0 Å². The van der Waals surface area contributed by atoms with Gasteiger partial charge < -0.3 is 5.73 Å². The average Bonchev–Trinajstić information content (AvgIpc) is 2.55. The Morgan fingerprint density at radius 3 is 2.35 bits per heavy atom. The zero-order valence-corrected chi connectivity index (χ0v) is 12.7. The maximum atomic E-state index is 14.2. The summed E-state index contributed by atoms with van der Waals surface area (Å²) in [5, 5.41) is 0. The van der Waals surface area contributed by atoms with Crippen molar-refractivity contribution in [2.45, 2.75) is 13.5 Å². The number of aryl methyl sites for hydroxylation is 1. The van der Waals surface area contributed by atoms with E-state index in [-0.39, 0.29) is 6.54 Å². The number of rotatable bonds is 3. The molecule has 0 bridgehead atoms. The zero-order valence-electron chi connectivity index (χ0n) is 12.7. The van der Waals surface area contributed by atoms with Gasteiger partial charge >= 0.3 is 0 Å². The average molecular weight is 310 g/mol. The molecule has 0 unspecified atom stereocenters. The molecule has 0 aliphatic carbocycles. The maximum Gasteiger partial charge on any atom is 0.133 e. The van der Waals surface area contributed by atoms with Crippen LogP contribution in [0.25, 0.3) is 22.4 Å². The summed E-state index contributed by atoms with van der Waals surface area (Å²) in [7, 11) is 0. The van der Waals surface area contributed by atoms with Gasteiger partial charge in [-0.2, -0.15) is 0 Å². The fourth-order valence-electron chi connectivity index (χ4n) is 2.66. The summed E-state index contributed by atoms with van der Waals surface area (Å²) in [5.41, 5.74) is 9.97. The first-order valence-corrected chi connectivity index (χ1v) is 7.31. The van der Waals surface area contributed by atoms with E-state index in [9.17, 15) is 8.78 Å². The molecule has 3 rings (SSSR count). The Labute approximate surface area is 133 Å². The Morgan fingerprint density at radius 2 is 1.70 bits per heavy atom. The minimum Gasteiger partial charge on any atom is -0.326 e. The minimum absolute atomic E-state index is 0.236. The number of hydrogen-bond acceptors (Lipinski definition) is 2. The topological polar surface area (TPSA) is 38.9 Å². The van der Waals surface area contributed by atoms with Crippen LogP contribution in [0.5, 0.6) is 0 Å². The van der Waals surface area contributed by atoms with Gasteiger partial charge in [-0.1, -0.05) is 30.3 Å². The molecule has 2 N–H and O–H groups in total. The highest BCUT2D eigenvalue weighted by Crippen LogP contribution is 2.31. The molecule has 4 heteroatoms. The lowest BCUT2D eigenvalue weighted by Crippen LogP contribution is -2.05. The van der Waals surface area contributed by atoms with Crippen molar-refractivity contribution < 1.29 is 8.78 Å². The molecule has 0 atom stereocenters. The SMILES string of the molecule is Cc1nc(-c2ccccc2)cc(-c2ccc(F)cc2F)c1CN. The normalized spacial score (nSPS) is 10.8. The third kappa shape index (κ3) is 2.98. The van der Waals surface area contributed by atoms with Crippen LogP contribution < -0.4 is 5.73 Å². The van der Waals surface area contributed by atoms with E-state index in [0.717, 1.165) is 28.6 Å². The summed E-state index contributed by atoms with van der Waals surface area (Å²) in [6.07, 6.45) is 0. The van der Waals surface area contributed by atoms with Crippen molar-refractivity contribution in [1.82, 2.24) is 4.98 Å². The second-order valence-electron chi connectivity index (χ2n) is 5.31. The summed E-state index contributed by atoms with van der Waals surface area (Å²) in [6.45, 7) is 2.08. The number of hydrogen-bond donors (Lipinski definition) is 1. The van der Waals surface area contributed by atoms with E-state index < -0.39 is 11.6 Å². The molecule has 1 aromatic heterocycles. The molecular formula is C19H16F2N2. The number of benzene rings is 2. The zero-order chi connectivity index (χ0) is 16.4. The lowest BCUT2D eigenvalue weighted by atomic mass is 9.96. The van der Waals surface area contributed by atoms with Crippen LogP contribution in [0.15, 0.2) is 54.6 Å². The van der Waals surface area contributed by atoms with E-state index in [2.05, 4.69) is 4.98 Å². The van der Waals surface area contributed by atoms with Crippen molar-refractivity contribution in [3.8, 4) is 22.4 Å². The highest BCUT2D eigenvalue weighted by Gasteiger charge is 2.15. The highest BCUT2D eigenvalue weighted by atomic mass is 19.1. The fourth-order valence-corrected chi connectivity index (χ4v) is 2.66. The molecule has 3 aromatic rings. The largest absolute Gasteiger partial charge is 0.326 e. The molecule has 0 amide bonds. The molecule has 0 fully saturated rings. The highest BCUT2D eigenvalue weighted by molar-refractivity contribution is 5.74. The maximum absolute atomic E-state index is 14.2. The van der Waals surface area contributed by atoms with E-state index in [4.69, 9.17) is 5.73 Å². The lowest BCUT2D eigenvalue weighted by molar-refractivity contribution is 0.585. The number of pyridine rings is 1. The van der Waals surface area contributed by atoms with Crippen molar-refractivity contribution in [1.29, 1.82) is 0 Å². The van der Waals surface area contributed by atoms with E-state index in [1.807, 2.05) is 37.3 Å².